The summed E-state index contributed by atoms with van der Waals surface area (Å²) >= 11 is 0. The molecule has 2 rings (SSSR count). The van der Waals surface area contributed by atoms with Gasteiger partial charge in [0.2, 0.25) is 0 Å². The Kier molecular flexibility index (Phi) is 2.11. The fourth-order valence-electron chi connectivity index (χ4n) is 2.03. The van der Waals surface area contributed by atoms with Crippen molar-refractivity contribution in [2.45, 2.75) is 25.0 Å². The zero-order valence-corrected chi connectivity index (χ0v) is 6.70. The maximum atomic E-state index is 8.64. The van der Waals surface area contributed by atoms with Gasteiger partial charge in [-0.05, 0) is 12.8 Å². The summed E-state index contributed by atoms with van der Waals surface area (Å²) in [5.41, 5.74) is 0. The van der Waals surface area contributed by atoms with Gasteiger partial charge in [-0.3, -0.25) is 4.90 Å². The lowest BCUT2D eigenvalue weighted by Crippen LogP contribution is -2.37. The van der Waals surface area contributed by atoms with Gasteiger partial charge in [0.25, 0.3) is 0 Å². The fourth-order valence-corrected chi connectivity index (χ4v) is 2.03. The van der Waals surface area contributed by atoms with E-state index in [0.717, 1.165) is 26.1 Å². The number of hydrogen-bond acceptors (Lipinski definition) is 3. The van der Waals surface area contributed by atoms with E-state index < -0.39 is 0 Å². The highest BCUT2D eigenvalue weighted by molar-refractivity contribution is 4.91. The van der Waals surface area contributed by atoms with Crippen LogP contribution in [-0.4, -0.2) is 48.5 Å². The third-order valence-electron chi connectivity index (χ3n) is 2.62. The van der Waals surface area contributed by atoms with Crippen LogP contribution in [0, 0.1) is 0 Å². The van der Waals surface area contributed by atoms with Crippen LogP contribution in [0.2, 0.25) is 0 Å². The van der Waals surface area contributed by atoms with Gasteiger partial charge in [0.05, 0.1) is 12.7 Å². The SMILES string of the molecule is OCCCN1C[C@@H]2C[C@H]1CO2. The number of aliphatic hydroxyl groups excluding tert-OH is 1. The average molecular weight is 157 g/mol. The van der Waals surface area contributed by atoms with Crippen LogP contribution >= 0.6 is 0 Å². The molecule has 0 spiro atoms. The van der Waals surface area contributed by atoms with Crippen molar-refractivity contribution >= 4 is 0 Å². The van der Waals surface area contributed by atoms with Gasteiger partial charge in [-0.15, -0.1) is 0 Å². The predicted octanol–water partition coefficient (Wildman–Crippen LogP) is -0.158. The van der Waals surface area contributed by atoms with Crippen LogP contribution in [0.5, 0.6) is 0 Å². The van der Waals surface area contributed by atoms with E-state index in [9.17, 15) is 0 Å². The largest absolute Gasteiger partial charge is 0.396 e. The summed E-state index contributed by atoms with van der Waals surface area (Å²) in [4.78, 5) is 2.43. The minimum Gasteiger partial charge on any atom is -0.396 e. The molecule has 1 N–H and O–H groups in total. The summed E-state index contributed by atoms with van der Waals surface area (Å²) in [6, 6.07) is 0.659. The van der Waals surface area contributed by atoms with E-state index in [4.69, 9.17) is 9.84 Å². The van der Waals surface area contributed by atoms with E-state index in [0.29, 0.717) is 18.8 Å². The highest BCUT2D eigenvalue weighted by Crippen LogP contribution is 2.27. The van der Waals surface area contributed by atoms with Gasteiger partial charge >= 0.3 is 0 Å². The van der Waals surface area contributed by atoms with Crippen molar-refractivity contribution in [2.24, 2.45) is 0 Å². The molecule has 2 aliphatic heterocycles. The lowest BCUT2D eigenvalue weighted by Gasteiger charge is -2.25. The Hall–Kier alpha value is -0.120. The highest BCUT2D eigenvalue weighted by atomic mass is 16.5. The van der Waals surface area contributed by atoms with Gasteiger partial charge in [-0.2, -0.15) is 0 Å². The van der Waals surface area contributed by atoms with Crippen LogP contribution in [0.4, 0.5) is 0 Å². The minimum atomic E-state index is 0.314. The maximum Gasteiger partial charge on any atom is 0.0718 e. The first kappa shape index (κ1) is 7.53. The summed E-state index contributed by atoms with van der Waals surface area (Å²) < 4.78 is 5.46. The number of hydrogen-bond donors (Lipinski definition) is 1. The Morgan fingerprint density at radius 3 is 3.00 bits per heavy atom. The second-order valence-corrected chi connectivity index (χ2v) is 3.42. The van der Waals surface area contributed by atoms with Crippen molar-refractivity contribution < 1.29 is 9.84 Å². The van der Waals surface area contributed by atoms with Gasteiger partial charge in [0.15, 0.2) is 0 Å². The molecule has 2 aliphatic rings. The molecule has 0 aromatic carbocycles. The Morgan fingerprint density at radius 2 is 2.45 bits per heavy atom. The van der Waals surface area contributed by atoms with Gasteiger partial charge < -0.3 is 9.84 Å². The van der Waals surface area contributed by atoms with E-state index in [-0.39, 0.29) is 0 Å². The van der Waals surface area contributed by atoms with Crippen molar-refractivity contribution in [3.05, 3.63) is 0 Å². The molecule has 0 aliphatic carbocycles. The van der Waals surface area contributed by atoms with Crippen LogP contribution in [0.15, 0.2) is 0 Å². The predicted molar refractivity (Wildman–Crippen MR) is 41.4 cm³/mol. The smallest absolute Gasteiger partial charge is 0.0718 e. The monoisotopic (exact) mass is 157 g/mol. The fraction of sp³-hybridized carbons (Fsp3) is 1.00. The molecule has 2 fully saturated rings. The normalized spacial score (nSPS) is 36.8. The van der Waals surface area contributed by atoms with Gasteiger partial charge in [0.1, 0.15) is 0 Å². The first-order valence-corrected chi connectivity index (χ1v) is 4.36. The molecule has 64 valence electrons. The molecule has 0 amide bonds. The van der Waals surface area contributed by atoms with Crippen LogP contribution in [0.25, 0.3) is 0 Å². The Labute approximate surface area is 66.9 Å². The molecule has 0 aromatic rings. The van der Waals surface area contributed by atoms with Crippen LogP contribution < -0.4 is 0 Å². The van der Waals surface area contributed by atoms with Crippen LogP contribution in [0.3, 0.4) is 0 Å². The third-order valence-corrected chi connectivity index (χ3v) is 2.62. The number of aliphatic hydroxyl groups is 1. The zero-order chi connectivity index (χ0) is 7.68. The second kappa shape index (κ2) is 3.09. The molecule has 0 radical (unpaired) electrons. The molecule has 0 saturated carbocycles. The topological polar surface area (TPSA) is 32.7 Å². The van der Waals surface area contributed by atoms with Crippen molar-refractivity contribution in [1.29, 1.82) is 0 Å². The van der Waals surface area contributed by atoms with Gasteiger partial charge in [-0.25, -0.2) is 0 Å². The number of rotatable bonds is 3. The minimum absolute atomic E-state index is 0.314. The van der Waals surface area contributed by atoms with Crippen molar-refractivity contribution in [2.75, 3.05) is 26.3 Å². The van der Waals surface area contributed by atoms with Gasteiger partial charge in [0, 0.05) is 25.7 Å². The van der Waals surface area contributed by atoms with Crippen LogP contribution in [-0.2, 0) is 4.74 Å². The van der Waals surface area contributed by atoms with E-state index in [1.807, 2.05) is 0 Å². The lowest BCUT2D eigenvalue weighted by atomic mass is 10.2. The standard InChI is InChI=1S/C8H15NO2/c10-3-1-2-9-5-8-4-7(9)6-11-8/h7-8,10H,1-6H2/t7-,8-/m0/s1. The van der Waals surface area contributed by atoms with E-state index in [2.05, 4.69) is 4.90 Å². The van der Waals surface area contributed by atoms with Crippen molar-refractivity contribution in [3.8, 4) is 0 Å². The molecule has 2 saturated heterocycles. The van der Waals surface area contributed by atoms with Crippen molar-refractivity contribution in [3.63, 3.8) is 0 Å². The first-order chi connectivity index (χ1) is 5.40. The maximum absolute atomic E-state index is 8.64. The lowest BCUT2D eigenvalue weighted by molar-refractivity contribution is 0.0284. The molecule has 0 unspecified atom stereocenters. The van der Waals surface area contributed by atoms with Crippen LogP contribution in [0.1, 0.15) is 12.8 Å². The van der Waals surface area contributed by atoms with E-state index in [1.165, 1.54) is 6.42 Å². The summed E-state index contributed by atoms with van der Waals surface area (Å²) in [7, 11) is 0. The number of ether oxygens (including phenoxy) is 1. The Balaban J connectivity index is 1.78. The molecule has 2 bridgehead atoms. The third kappa shape index (κ3) is 1.41. The molecular formula is C8H15NO2. The zero-order valence-electron chi connectivity index (χ0n) is 6.70. The van der Waals surface area contributed by atoms with E-state index >= 15 is 0 Å². The molecule has 2 heterocycles. The average Bonchev–Trinajstić information content (AvgIpc) is 2.60. The Morgan fingerprint density at radius 1 is 1.55 bits per heavy atom. The number of fused-ring (bicyclic) bond motifs is 2. The van der Waals surface area contributed by atoms with Gasteiger partial charge in [-0.1, -0.05) is 0 Å². The summed E-state index contributed by atoms with van der Waals surface area (Å²) in [5.74, 6) is 0. The second-order valence-electron chi connectivity index (χ2n) is 3.42. The number of likely N-dealkylation sites (tertiary alicyclic amines) is 1. The molecular weight excluding hydrogens is 142 g/mol. The molecule has 11 heavy (non-hydrogen) atoms. The quantitative estimate of drug-likeness (QED) is 0.618. The summed E-state index contributed by atoms with van der Waals surface area (Å²) in [6.07, 6.45) is 2.62. The summed E-state index contributed by atoms with van der Waals surface area (Å²) in [6.45, 7) is 3.36. The highest BCUT2D eigenvalue weighted by Gasteiger charge is 2.38. The Bertz CT molecular complexity index is 140. The first-order valence-electron chi connectivity index (χ1n) is 4.36. The molecule has 2 atom stereocenters. The molecule has 3 nitrogen and oxygen atoms in total. The number of nitrogens with zero attached hydrogens (tertiary/aromatic N) is 1. The number of morpholine rings is 1. The molecule has 3 heteroatoms. The van der Waals surface area contributed by atoms with E-state index in [1.54, 1.807) is 0 Å². The van der Waals surface area contributed by atoms with Crippen molar-refractivity contribution in [1.82, 2.24) is 4.90 Å². The summed E-state index contributed by atoms with van der Waals surface area (Å²) in [5, 5.41) is 8.64. The molecule has 0 aromatic heterocycles.